The van der Waals surface area contributed by atoms with Crippen LogP contribution in [-0.4, -0.2) is 25.5 Å². The van der Waals surface area contributed by atoms with Gasteiger partial charge in [-0.2, -0.15) is 5.10 Å². The number of hydrogen-bond acceptors (Lipinski definition) is 3. The third kappa shape index (κ3) is 4.64. The van der Waals surface area contributed by atoms with E-state index in [1.54, 1.807) is 11.0 Å². The second-order valence-electron chi connectivity index (χ2n) is 6.62. The van der Waals surface area contributed by atoms with Gasteiger partial charge < -0.3 is 5.11 Å². The van der Waals surface area contributed by atoms with Gasteiger partial charge in [0.15, 0.2) is 0 Å². The molecule has 1 rings (SSSR count). The summed E-state index contributed by atoms with van der Waals surface area (Å²) in [5.41, 5.74) is -1.19. The summed E-state index contributed by atoms with van der Waals surface area (Å²) in [5.74, 6) is 6.95. The fraction of sp³-hybridized carbons (Fsp3) is 0.750. The number of nitrogens with zero attached hydrogens (tertiary/aromatic N) is 3. The molecule has 0 aromatic carbocycles. The third-order valence-corrected chi connectivity index (χ3v) is 3.94. The van der Waals surface area contributed by atoms with Gasteiger partial charge in [-0.25, -0.2) is 4.98 Å². The Kier molecular flexibility index (Phi) is 5.76. The van der Waals surface area contributed by atoms with E-state index in [0.29, 0.717) is 18.9 Å². The summed E-state index contributed by atoms with van der Waals surface area (Å²) in [4.78, 5) is 3.92. The number of aliphatic hydroxyl groups is 1. The minimum absolute atomic E-state index is 0.274. The molecule has 0 spiro atoms. The summed E-state index contributed by atoms with van der Waals surface area (Å²) in [6, 6.07) is 0. The van der Waals surface area contributed by atoms with Crippen molar-refractivity contribution >= 4 is 0 Å². The lowest BCUT2D eigenvalue weighted by atomic mass is 9.74. The summed E-state index contributed by atoms with van der Waals surface area (Å²) < 4.78 is 1.67. The molecule has 4 nitrogen and oxygen atoms in total. The lowest BCUT2D eigenvalue weighted by Gasteiger charge is -2.38. The smallest absolute Gasteiger partial charge is 0.137 e. The Morgan fingerprint density at radius 3 is 2.50 bits per heavy atom. The molecular weight excluding hydrogens is 250 g/mol. The Hall–Kier alpha value is -1.34. The minimum atomic E-state index is -0.914. The van der Waals surface area contributed by atoms with Gasteiger partial charge in [-0.15, -0.1) is 11.8 Å². The monoisotopic (exact) mass is 277 g/mol. The van der Waals surface area contributed by atoms with Crippen molar-refractivity contribution in [3.05, 3.63) is 12.7 Å². The molecule has 0 aliphatic heterocycles. The van der Waals surface area contributed by atoms with Crippen molar-refractivity contribution in [3.8, 4) is 11.8 Å². The molecule has 0 aliphatic carbocycles. The molecule has 1 aromatic rings. The first kappa shape index (κ1) is 16.7. The lowest BCUT2D eigenvalue weighted by Crippen LogP contribution is -2.46. The van der Waals surface area contributed by atoms with E-state index in [2.05, 4.69) is 35.8 Å². The summed E-state index contributed by atoms with van der Waals surface area (Å²) in [6.45, 7) is 10.9. The normalized spacial score (nSPS) is 16.1. The molecule has 112 valence electrons. The molecule has 0 radical (unpaired) electrons. The van der Waals surface area contributed by atoms with Gasteiger partial charge in [-0.3, -0.25) is 4.68 Å². The SMILES string of the molecule is CCC(C)CC#CCC(O)(Cn1cncn1)C(C)(C)C. The summed E-state index contributed by atoms with van der Waals surface area (Å²) in [6.07, 6.45) is 5.59. The van der Waals surface area contributed by atoms with Crippen LogP contribution in [-0.2, 0) is 6.54 Å². The van der Waals surface area contributed by atoms with Crippen LogP contribution in [0.1, 0.15) is 53.9 Å². The fourth-order valence-electron chi connectivity index (χ4n) is 1.74. The quantitative estimate of drug-likeness (QED) is 0.842. The number of hydrogen-bond donors (Lipinski definition) is 1. The highest BCUT2D eigenvalue weighted by Crippen LogP contribution is 2.34. The van der Waals surface area contributed by atoms with Crippen LogP contribution in [0, 0.1) is 23.2 Å². The Balaban J connectivity index is 2.74. The van der Waals surface area contributed by atoms with Crippen molar-refractivity contribution in [1.82, 2.24) is 14.8 Å². The van der Waals surface area contributed by atoms with Crippen LogP contribution in [0.15, 0.2) is 12.7 Å². The van der Waals surface area contributed by atoms with E-state index in [4.69, 9.17) is 0 Å². The molecule has 0 saturated heterocycles. The fourth-order valence-corrected chi connectivity index (χ4v) is 1.74. The van der Waals surface area contributed by atoms with E-state index in [9.17, 15) is 5.11 Å². The van der Waals surface area contributed by atoms with E-state index in [1.165, 1.54) is 6.33 Å². The highest BCUT2D eigenvalue weighted by atomic mass is 16.3. The number of rotatable bonds is 5. The molecule has 4 heteroatoms. The molecule has 0 amide bonds. The molecule has 2 unspecified atom stereocenters. The zero-order valence-electron chi connectivity index (χ0n) is 13.3. The first-order valence-electron chi connectivity index (χ1n) is 7.29. The summed E-state index contributed by atoms with van der Waals surface area (Å²) in [7, 11) is 0. The van der Waals surface area contributed by atoms with Gasteiger partial charge >= 0.3 is 0 Å². The van der Waals surface area contributed by atoms with E-state index >= 15 is 0 Å². The lowest BCUT2D eigenvalue weighted by molar-refractivity contribution is -0.0692. The van der Waals surface area contributed by atoms with Gasteiger partial charge in [0.25, 0.3) is 0 Å². The van der Waals surface area contributed by atoms with Crippen LogP contribution in [0.3, 0.4) is 0 Å². The average molecular weight is 277 g/mol. The standard InChI is InChI=1S/C16H27N3O/c1-6-14(2)9-7-8-10-16(20,15(3,4)5)11-19-13-17-12-18-19/h12-14,20H,6,9-11H2,1-5H3. The summed E-state index contributed by atoms with van der Waals surface area (Å²) >= 11 is 0. The van der Waals surface area contributed by atoms with Crippen LogP contribution in [0.5, 0.6) is 0 Å². The maximum Gasteiger partial charge on any atom is 0.137 e. The van der Waals surface area contributed by atoms with E-state index in [1.807, 2.05) is 20.8 Å². The van der Waals surface area contributed by atoms with Crippen LogP contribution >= 0.6 is 0 Å². The van der Waals surface area contributed by atoms with Crippen molar-refractivity contribution in [2.45, 2.75) is 66.0 Å². The maximum absolute atomic E-state index is 11.0. The topological polar surface area (TPSA) is 50.9 Å². The first-order chi connectivity index (χ1) is 9.28. The van der Waals surface area contributed by atoms with Gasteiger partial charge in [0.05, 0.1) is 12.1 Å². The van der Waals surface area contributed by atoms with Gasteiger partial charge in [0.2, 0.25) is 0 Å². The first-order valence-corrected chi connectivity index (χ1v) is 7.29. The van der Waals surface area contributed by atoms with Crippen LogP contribution in [0.2, 0.25) is 0 Å². The molecule has 1 heterocycles. The van der Waals surface area contributed by atoms with Crippen molar-refractivity contribution < 1.29 is 5.11 Å². The predicted molar refractivity (Wildman–Crippen MR) is 80.9 cm³/mol. The highest BCUT2D eigenvalue weighted by molar-refractivity contribution is 5.07. The zero-order valence-corrected chi connectivity index (χ0v) is 13.3. The predicted octanol–water partition coefficient (Wildman–Crippen LogP) is 2.89. The Labute approximate surface area is 122 Å². The summed E-state index contributed by atoms with van der Waals surface area (Å²) in [5, 5.41) is 15.0. The maximum atomic E-state index is 11.0. The van der Waals surface area contributed by atoms with E-state index in [0.717, 1.165) is 12.8 Å². The molecule has 20 heavy (non-hydrogen) atoms. The largest absolute Gasteiger partial charge is 0.386 e. The van der Waals surface area contributed by atoms with Crippen LogP contribution in [0.25, 0.3) is 0 Å². The van der Waals surface area contributed by atoms with E-state index in [-0.39, 0.29) is 5.41 Å². The Morgan fingerprint density at radius 1 is 1.30 bits per heavy atom. The molecule has 1 N–H and O–H groups in total. The van der Waals surface area contributed by atoms with Crippen molar-refractivity contribution in [1.29, 1.82) is 0 Å². The molecule has 0 saturated carbocycles. The van der Waals surface area contributed by atoms with Crippen molar-refractivity contribution in [3.63, 3.8) is 0 Å². The zero-order chi connectivity index (χ0) is 15.2. The average Bonchev–Trinajstić information content (AvgIpc) is 2.85. The molecule has 1 aromatic heterocycles. The van der Waals surface area contributed by atoms with Crippen molar-refractivity contribution in [2.75, 3.05) is 0 Å². The van der Waals surface area contributed by atoms with Gasteiger partial charge in [0.1, 0.15) is 12.7 Å². The highest BCUT2D eigenvalue weighted by Gasteiger charge is 2.40. The molecule has 0 aliphatic rings. The van der Waals surface area contributed by atoms with Crippen LogP contribution < -0.4 is 0 Å². The Bertz CT molecular complexity index is 450. The minimum Gasteiger partial charge on any atom is -0.386 e. The van der Waals surface area contributed by atoms with E-state index < -0.39 is 5.60 Å². The van der Waals surface area contributed by atoms with Crippen molar-refractivity contribution in [2.24, 2.45) is 11.3 Å². The number of aromatic nitrogens is 3. The third-order valence-electron chi connectivity index (χ3n) is 3.94. The molecular formula is C16H27N3O. The van der Waals surface area contributed by atoms with Gasteiger partial charge in [0, 0.05) is 12.8 Å². The molecule has 0 fully saturated rings. The molecule has 2 atom stereocenters. The van der Waals surface area contributed by atoms with Gasteiger partial charge in [-0.05, 0) is 11.3 Å². The Morgan fingerprint density at radius 2 is 2.00 bits per heavy atom. The van der Waals surface area contributed by atoms with Gasteiger partial charge in [-0.1, -0.05) is 41.0 Å². The second kappa shape index (κ2) is 6.90. The second-order valence-corrected chi connectivity index (χ2v) is 6.62. The van der Waals surface area contributed by atoms with Crippen LogP contribution in [0.4, 0.5) is 0 Å². The molecule has 0 bridgehead atoms.